The molecule has 2 aromatic rings. The van der Waals surface area contributed by atoms with Crippen molar-refractivity contribution in [2.45, 2.75) is 74.5 Å². The molecule has 0 aliphatic rings. The first-order valence-electron chi connectivity index (χ1n) is 9.45. The summed E-state index contributed by atoms with van der Waals surface area (Å²) in [5, 5.41) is 0. The van der Waals surface area contributed by atoms with E-state index in [1.165, 1.54) is 6.42 Å². The lowest BCUT2D eigenvalue weighted by molar-refractivity contribution is 0.0286. The van der Waals surface area contributed by atoms with Crippen molar-refractivity contribution < 1.29 is 9.47 Å². The summed E-state index contributed by atoms with van der Waals surface area (Å²) >= 11 is 0. The smallest absolute Gasteiger partial charge is 0.124 e. The fraction of sp³-hybridized carbons (Fsp3) is 0.700. The highest BCUT2D eigenvalue weighted by Gasteiger charge is 1.93. The minimum absolute atomic E-state index is 0.280. The van der Waals surface area contributed by atoms with Gasteiger partial charge in [-0.3, -0.25) is 0 Å². The predicted octanol–water partition coefficient (Wildman–Crippen LogP) is 4.83. The molecule has 0 saturated carbocycles. The minimum atomic E-state index is 0.280. The highest BCUT2D eigenvalue weighted by molar-refractivity contribution is 4.72. The molecule has 2 aromatic heterocycles. The lowest BCUT2D eigenvalue weighted by Crippen LogP contribution is -2.06. The maximum absolute atomic E-state index is 5.36. The van der Waals surface area contributed by atoms with Gasteiger partial charge in [0.1, 0.15) is 13.5 Å². The minimum Gasteiger partial charge on any atom is -0.360 e. The molecule has 0 fully saturated rings. The number of hydrogen-bond acceptors (Lipinski definition) is 4. The molecular formula is C20H38N4O2. The molecule has 0 radical (unpaired) electrons. The maximum Gasteiger partial charge on any atom is 0.124 e. The highest BCUT2D eigenvalue weighted by atomic mass is 16.5. The number of ether oxygens (including phenoxy) is 2. The van der Waals surface area contributed by atoms with Gasteiger partial charge in [-0.25, -0.2) is 9.97 Å². The molecule has 6 heteroatoms. The van der Waals surface area contributed by atoms with E-state index in [0.717, 1.165) is 12.5 Å². The summed E-state index contributed by atoms with van der Waals surface area (Å²) in [4.78, 5) is 7.79. The summed E-state index contributed by atoms with van der Waals surface area (Å²) in [5.41, 5.74) is 0. The van der Waals surface area contributed by atoms with Crippen LogP contribution in [0.3, 0.4) is 0 Å². The van der Waals surface area contributed by atoms with E-state index in [1.807, 2.05) is 35.4 Å². The van der Waals surface area contributed by atoms with Crippen molar-refractivity contribution in [3.8, 4) is 0 Å². The van der Waals surface area contributed by atoms with Gasteiger partial charge in [0, 0.05) is 24.8 Å². The molecule has 0 aliphatic heterocycles. The fourth-order valence-electron chi connectivity index (χ4n) is 1.36. The van der Waals surface area contributed by atoms with Gasteiger partial charge >= 0.3 is 0 Å². The van der Waals surface area contributed by atoms with Crippen molar-refractivity contribution in [2.24, 2.45) is 11.8 Å². The van der Waals surface area contributed by atoms with Crippen molar-refractivity contribution in [2.75, 3.05) is 6.61 Å². The standard InChI is InChI=1S/C8H14N2O.C7H12N2O.C5H12/c1-8(2)5-11-7-10-4-3-9-6-10;1-7(2)10-6-9-4-3-8-5-9;1-4-5(2)3/h3-4,6,8H,5,7H2,1-2H3;3-5,7H,6H2,1-2H3;5H,4H2,1-3H3. The molecule has 0 aliphatic carbocycles. The molecule has 0 amide bonds. The number of rotatable bonds is 8. The fourth-order valence-corrected chi connectivity index (χ4v) is 1.36. The lowest BCUT2D eigenvalue weighted by Gasteiger charge is -2.06. The zero-order valence-corrected chi connectivity index (χ0v) is 17.6. The van der Waals surface area contributed by atoms with Crippen LogP contribution in [0.15, 0.2) is 37.4 Å². The third-order valence-corrected chi connectivity index (χ3v) is 3.18. The normalized spacial score (nSPS) is 10.5. The molecule has 0 atom stereocenters. The summed E-state index contributed by atoms with van der Waals surface area (Å²) < 4.78 is 14.5. The summed E-state index contributed by atoms with van der Waals surface area (Å²) in [5.74, 6) is 1.48. The highest BCUT2D eigenvalue weighted by Crippen LogP contribution is 1.95. The Bertz CT molecular complexity index is 494. The summed E-state index contributed by atoms with van der Waals surface area (Å²) in [6.45, 7) is 16.9. The average molecular weight is 367 g/mol. The van der Waals surface area contributed by atoms with Gasteiger partial charge in [-0.15, -0.1) is 0 Å². The summed E-state index contributed by atoms with van der Waals surface area (Å²) in [6, 6.07) is 0. The summed E-state index contributed by atoms with van der Waals surface area (Å²) in [6.07, 6.45) is 12.3. The Labute approximate surface area is 159 Å². The number of nitrogens with zero attached hydrogens (tertiary/aromatic N) is 4. The molecule has 2 heterocycles. The molecular weight excluding hydrogens is 328 g/mol. The maximum atomic E-state index is 5.36. The lowest BCUT2D eigenvalue weighted by atomic mass is 10.2. The zero-order chi connectivity index (χ0) is 19.8. The molecule has 150 valence electrons. The van der Waals surface area contributed by atoms with Crippen LogP contribution in [0.2, 0.25) is 0 Å². The van der Waals surface area contributed by atoms with Crippen molar-refractivity contribution in [3.63, 3.8) is 0 Å². The third kappa shape index (κ3) is 15.8. The van der Waals surface area contributed by atoms with E-state index in [9.17, 15) is 0 Å². The molecule has 0 aromatic carbocycles. The van der Waals surface area contributed by atoms with E-state index in [2.05, 4.69) is 44.6 Å². The summed E-state index contributed by atoms with van der Waals surface area (Å²) in [7, 11) is 0. The predicted molar refractivity (Wildman–Crippen MR) is 107 cm³/mol. The van der Waals surface area contributed by atoms with E-state index in [-0.39, 0.29) is 6.10 Å². The van der Waals surface area contributed by atoms with Gasteiger partial charge in [0.2, 0.25) is 0 Å². The third-order valence-electron chi connectivity index (χ3n) is 3.18. The van der Waals surface area contributed by atoms with Crippen molar-refractivity contribution in [3.05, 3.63) is 37.4 Å². The van der Waals surface area contributed by atoms with Gasteiger partial charge in [-0.1, -0.05) is 41.0 Å². The first kappa shape index (κ1) is 24.3. The number of imidazole rings is 2. The first-order chi connectivity index (χ1) is 12.3. The second kappa shape index (κ2) is 15.6. The van der Waals surface area contributed by atoms with Crippen LogP contribution in [0, 0.1) is 11.8 Å². The van der Waals surface area contributed by atoms with E-state index in [1.54, 1.807) is 25.0 Å². The van der Waals surface area contributed by atoms with E-state index >= 15 is 0 Å². The van der Waals surface area contributed by atoms with E-state index < -0.39 is 0 Å². The molecule has 0 unspecified atom stereocenters. The Morgan fingerprint density at radius 2 is 1.31 bits per heavy atom. The van der Waals surface area contributed by atoms with Crippen LogP contribution in [-0.4, -0.2) is 31.8 Å². The SMILES string of the molecule is CC(C)COCn1ccnc1.CC(C)OCn1ccnc1.CCC(C)C. The van der Waals surface area contributed by atoms with E-state index in [4.69, 9.17) is 9.47 Å². The van der Waals surface area contributed by atoms with Gasteiger partial charge in [0.05, 0.1) is 25.4 Å². The van der Waals surface area contributed by atoms with Gasteiger partial charge in [0.25, 0.3) is 0 Å². The van der Waals surface area contributed by atoms with Crippen LogP contribution in [0.5, 0.6) is 0 Å². The quantitative estimate of drug-likeness (QED) is 0.671. The Hall–Kier alpha value is -1.66. The molecule has 6 nitrogen and oxygen atoms in total. The van der Waals surface area contributed by atoms with Gasteiger partial charge in [-0.05, 0) is 25.7 Å². The Morgan fingerprint density at radius 1 is 0.808 bits per heavy atom. The van der Waals surface area contributed by atoms with Crippen LogP contribution in [0.25, 0.3) is 0 Å². The van der Waals surface area contributed by atoms with Gasteiger partial charge in [0.15, 0.2) is 0 Å². The number of aromatic nitrogens is 4. The van der Waals surface area contributed by atoms with E-state index in [0.29, 0.717) is 19.4 Å². The topological polar surface area (TPSA) is 54.1 Å². The molecule has 0 N–H and O–H groups in total. The van der Waals surface area contributed by atoms with Gasteiger partial charge in [-0.2, -0.15) is 0 Å². The Balaban J connectivity index is 0.000000387. The molecule has 0 spiro atoms. The van der Waals surface area contributed by atoms with Crippen molar-refractivity contribution in [1.29, 1.82) is 0 Å². The molecule has 2 rings (SSSR count). The Morgan fingerprint density at radius 3 is 1.65 bits per heavy atom. The van der Waals surface area contributed by atoms with Crippen molar-refractivity contribution in [1.82, 2.24) is 19.1 Å². The monoisotopic (exact) mass is 366 g/mol. The second-order valence-corrected chi connectivity index (χ2v) is 7.19. The zero-order valence-electron chi connectivity index (χ0n) is 17.6. The van der Waals surface area contributed by atoms with Gasteiger partial charge < -0.3 is 18.6 Å². The van der Waals surface area contributed by atoms with Crippen LogP contribution < -0.4 is 0 Å². The Kier molecular flexibility index (Phi) is 14.6. The molecule has 26 heavy (non-hydrogen) atoms. The first-order valence-corrected chi connectivity index (χ1v) is 9.45. The van der Waals surface area contributed by atoms with Crippen LogP contribution in [0.4, 0.5) is 0 Å². The van der Waals surface area contributed by atoms with Crippen LogP contribution in [-0.2, 0) is 22.9 Å². The second-order valence-electron chi connectivity index (χ2n) is 7.19. The van der Waals surface area contributed by atoms with Crippen LogP contribution >= 0.6 is 0 Å². The molecule has 0 bridgehead atoms. The largest absolute Gasteiger partial charge is 0.360 e. The average Bonchev–Trinajstić information content (AvgIpc) is 3.27. The van der Waals surface area contributed by atoms with Crippen LogP contribution in [0.1, 0.15) is 54.9 Å². The molecule has 0 saturated heterocycles. The van der Waals surface area contributed by atoms with Crippen molar-refractivity contribution >= 4 is 0 Å². The number of hydrogen-bond donors (Lipinski definition) is 0.